The van der Waals surface area contributed by atoms with Crippen molar-refractivity contribution in [1.29, 1.82) is 0 Å². The van der Waals surface area contributed by atoms with Crippen molar-refractivity contribution in [3.63, 3.8) is 0 Å². The predicted octanol–water partition coefficient (Wildman–Crippen LogP) is 2.26. The van der Waals surface area contributed by atoms with Crippen LogP contribution in [-0.4, -0.2) is 45.3 Å². The quantitative estimate of drug-likeness (QED) is 0.577. The predicted molar refractivity (Wildman–Crippen MR) is 107 cm³/mol. The lowest BCUT2D eigenvalue weighted by molar-refractivity contribution is -0.119. The molecule has 0 bridgehead atoms. The summed E-state index contributed by atoms with van der Waals surface area (Å²) in [5, 5.41) is 6.18. The fourth-order valence-corrected chi connectivity index (χ4v) is 2.55. The molecule has 0 saturated carbocycles. The van der Waals surface area contributed by atoms with Gasteiger partial charge in [-0.2, -0.15) is 0 Å². The number of carbonyl (C=O) groups is 2. The number of amides is 2. The Kier molecular flexibility index (Phi) is 7.65. The number of carbonyl (C=O) groups excluding carboxylic acids is 2. The van der Waals surface area contributed by atoms with Crippen molar-refractivity contribution >= 4 is 23.2 Å². The SMILES string of the molecule is COC[C@H](C)Nc1ccccc1NC(=O)c1ccc(OCC(N)=O)c(OC)c1. The van der Waals surface area contributed by atoms with E-state index in [0.717, 1.165) is 5.69 Å². The zero-order valence-corrected chi connectivity index (χ0v) is 16.2. The van der Waals surface area contributed by atoms with Crippen molar-refractivity contribution in [3.05, 3.63) is 48.0 Å². The first-order chi connectivity index (χ1) is 13.4. The lowest BCUT2D eigenvalue weighted by Crippen LogP contribution is -2.22. The largest absolute Gasteiger partial charge is 0.493 e. The zero-order valence-electron chi connectivity index (χ0n) is 16.2. The summed E-state index contributed by atoms with van der Waals surface area (Å²) in [5.74, 6) is -0.258. The number of ether oxygens (including phenoxy) is 3. The lowest BCUT2D eigenvalue weighted by Gasteiger charge is -2.18. The molecule has 0 saturated heterocycles. The van der Waals surface area contributed by atoms with E-state index in [0.29, 0.717) is 29.4 Å². The van der Waals surface area contributed by atoms with Crippen LogP contribution in [0.2, 0.25) is 0 Å². The van der Waals surface area contributed by atoms with Gasteiger partial charge >= 0.3 is 0 Å². The molecule has 0 heterocycles. The first-order valence-corrected chi connectivity index (χ1v) is 8.69. The van der Waals surface area contributed by atoms with E-state index < -0.39 is 5.91 Å². The third kappa shape index (κ3) is 5.88. The Morgan fingerprint density at radius 2 is 1.79 bits per heavy atom. The zero-order chi connectivity index (χ0) is 20.5. The summed E-state index contributed by atoms with van der Waals surface area (Å²) in [5.41, 5.74) is 6.89. The van der Waals surface area contributed by atoms with Crippen molar-refractivity contribution in [2.45, 2.75) is 13.0 Å². The fraction of sp³-hybridized carbons (Fsp3) is 0.300. The second-order valence-corrected chi connectivity index (χ2v) is 6.12. The summed E-state index contributed by atoms with van der Waals surface area (Å²) in [4.78, 5) is 23.6. The van der Waals surface area contributed by atoms with E-state index in [4.69, 9.17) is 19.9 Å². The number of para-hydroxylation sites is 2. The molecule has 2 aromatic rings. The molecule has 1 atom stereocenters. The average Bonchev–Trinajstić information content (AvgIpc) is 2.67. The highest BCUT2D eigenvalue weighted by atomic mass is 16.5. The first kappa shape index (κ1) is 21.0. The number of hydrogen-bond acceptors (Lipinski definition) is 6. The van der Waals surface area contributed by atoms with Gasteiger partial charge in [0.25, 0.3) is 11.8 Å². The van der Waals surface area contributed by atoms with Gasteiger partial charge in [-0.15, -0.1) is 0 Å². The number of methoxy groups -OCH3 is 2. The maximum absolute atomic E-state index is 12.7. The van der Waals surface area contributed by atoms with E-state index in [2.05, 4.69) is 10.6 Å². The molecule has 0 aromatic heterocycles. The molecule has 4 N–H and O–H groups in total. The molecule has 150 valence electrons. The molecule has 2 amide bonds. The van der Waals surface area contributed by atoms with E-state index in [9.17, 15) is 9.59 Å². The Morgan fingerprint density at radius 1 is 1.07 bits per heavy atom. The molecule has 8 nitrogen and oxygen atoms in total. The summed E-state index contributed by atoms with van der Waals surface area (Å²) < 4.78 is 15.6. The summed E-state index contributed by atoms with van der Waals surface area (Å²) >= 11 is 0. The molecular formula is C20H25N3O5. The van der Waals surface area contributed by atoms with Gasteiger partial charge in [-0.3, -0.25) is 9.59 Å². The van der Waals surface area contributed by atoms with Gasteiger partial charge in [-0.05, 0) is 37.3 Å². The highest BCUT2D eigenvalue weighted by molar-refractivity contribution is 6.06. The second-order valence-electron chi connectivity index (χ2n) is 6.12. The average molecular weight is 387 g/mol. The van der Waals surface area contributed by atoms with Gasteiger partial charge in [0.05, 0.1) is 25.1 Å². The second kappa shape index (κ2) is 10.2. The molecule has 0 unspecified atom stereocenters. The number of primary amides is 1. The van der Waals surface area contributed by atoms with Crippen LogP contribution in [0.25, 0.3) is 0 Å². The van der Waals surface area contributed by atoms with Crippen LogP contribution in [0.3, 0.4) is 0 Å². The molecule has 8 heteroatoms. The summed E-state index contributed by atoms with van der Waals surface area (Å²) in [6, 6.07) is 12.2. The smallest absolute Gasteiger partial charge is 0.255 e. The lowest BCUT2D eigenvalue weighted by atomic mass is 10.1. The molecule has 2 aromatic carbocycles. The molecule has 0 spiro atoms. The number of nitrogens with two attached hydrogens (primary N) is 1. The Labute approximate surface area is 164 Å². The Hall–Kier alpha value is -3.26. The van der Waals surface area contributed by atoms with Crippen LogP contribution in [0.5, 0.6) is 11.5 Å². The molecule has 0 aliphatic rings. The van der Waals surface area contributed by atoms with Gasteiger partial charge in [0.2, 0.25) is 0 Å². The van der Waals surface area contributed by atoms with Crippen LogP contribution in [0.4, 0.5) is 11.4 Å². The number of rotatable bonds is 10. The van der Waals surface area contributed by atoms with E-state index >= 15 is 0 Å². The van der Waals surface area contributed by atoms with Gasteiger partial charge in [-0.1, -0.05) is 12.1 Å². The summed E-state index contributed by atoms with van der Waals surface area (Å²) in [7, 11) is 3.08. The number of nitrogens with one attached hydrogen (secondary N) is 2. The van der Waals surface area contributed by atoms with Crippen molar-refractivity contribution in [2.75, 3.05) is 38.1 Å². The Morgan fingerprint density at radius 3 is 2.43 bits per heavy atom. The minimum atomic E-state index is -0.601. The summed E-state index contributed by atoms with van der Waals surface area (Å²) in [6.45, 7) is 2.24. The highest BCUT2D eigenvalue weighted by Gasteiger charge is 2.14. The van der Waals surface area contributed by atoms with Gasteiger partial charge in [-0.25, -0.2) is 0 Å². The minimum Gasteiger partial charge on any atom is -0.493 e. The van der Waals surface area contributed by atoms with E-state index in [-0.39, 0.29) is 18.6 Å². The van der Waals surface area contributed by atoms with Gasteiger partial charge in [0, 0.05) is 18.7 Å². The van der Waals surface area contributed by atoms with Crippen LogP contribution in [0.1, 0.15) is 17.3 Å². The topological polar surface area (TPSA) is 112 Å². The number of anilines is 2. The molecule has 0 fully saturated rings. The van der Waals surface area contributed by atoms with Crippen molar-refractivity contribution < 1.29 is 23.8 Å². The summed E-state index contributed by atoms with van der Waals surface area (Å²) in [6.07, 6.45) is 0. The van der Waals surface area contributed by atoms with Gasteiger partial charge in [0.1, 0.15) is 0 Å². The van der Waals surface area contributed by atoms with Crippen LogP contribution in [-0.2, 0) is 9.53 Å². The van der Waals surface area contributed by atoms with Crippen molar-refractivity contribution in [3.8, 4) is 11.5 Å². The van der Waals surface area contributed by atoms with Gasteiger partial charge in [0.15, 0.2) is 18.1 Å². The van der Waals surface area contributed by atoms with E-state index in [1.165, 1.54) is 13.2 Å². The Balaban J connectivity index is 2.16. The van der Waals surface area contributed by atoms with Crippen LogP contribution in [0, 0.1) is 0 Å². The van der Waals surface area contributed by atoms with Crippen molar-refractivity contribution in [1.82, 2.24) is 0 Å². The molecule has 0 radical (unpaired) electrons. The van der Waals surface area contributed by atoms with E-state index in [1.54, 1.807) is 25.3 Å². The number of benzene rings is 2. The third-order valence-electron chi connectivity index (χ3n) is 3.79. The number of hydrogen-bond donors (Lipinski definition) is 3. The van der Waals surface area contributed by atoms with Gasteiger partial charge < -0.3 is 30.6 Å². The normalized spacial score (nSPS) is 11.4. The molecule has 2 rings (SSSR count). The van der Waals surface area contributed by atoms with Crippen LogP contribution >= 0.6 is 0 Å². The van der Waals surface area contributed by atoms with Crippen molar-refractivity contribution in [2.24, 2.45) is 5.73 Å². The molecule has 0 aliphatic heterocycles. The minimum absolute atomic E-state index is 0.0739. The fourth-order valence-electron chi connectivity index (χ4n) is 2.55. The maximum atomic E-state index is 12.7. The standard InChI is InChI=1S/C20H25N3O5/c1-13(11-26-2)22-15-6-4-5-7-16(15)23-20(25)14-8-9-17(18(10-14)27-3)28-12-19(21)24/h4-10,13,22H,11-12H2,1-3H3,(H2,21,24)(H,23,25)/t13-/m0/s1. The maximum Gasteiger partial charge on any atom is 0.255 e. The van der Waals surface area contributed by atoms with E-state index in [1.807, 2.05) is 25.1 Å². The highest BCUT2D eigenvalue weighted by Crippen LogP contribution is 2.29. The monoisotopic (exact) mass is 387 g/mol. The third-order valence-corrected chi connectivity index (χ3v) is 3.79. The van der Waals surface area contributed by atoms with Crippen LogP contribution < -0.4 is 25.8 Å². The first-order valence-electron chi connectivity index (χ1n) is 8.69. The van der Waals surface area contributed by atoms with Crippen LogP contribution in [0.15, 0.2) is 42.5 Å². The molecule has 0 aliphatic carbocycles. The molecular weight excluding hydrogens is 362 g/mol. The molecule has 28 heavy (non-hydrogen) atoms. The Bertz CT molecular complexity index is 825.